The monoisotopic (exact) mass is 551 g/mol. The SMILES string of the molecule is COc1ccc([C@@H]2C[C@@H](Cc3ccc(OCc4ccccc4)c(OC)c3)C(=O)N(Cc3ccccc3)C2)cc1OC. The molecular formula is C35H37NO5. The molecule has 0 bridgehead atoms. The minimum Gasteiger partial charge on any atom is -0.493 e. The maximum atomic E-state index is 13.8. The molecule has 5 rings (SSSR count). The molecule has 1 aliphatic rings. The Morgan fingerprint density at radius 1 is 0.683 bits per heavy atom. The molecule has 0 aliphatic carbocycles. The van der Waals surface area contributed by atoms with Crippen molar-refractivity contribution in [1.29, 1.82) is 0 Å². The summed E-state index contributed by atoms with van der Waals surface area (Å²) in [5.74, 6) is 2.91. The predicted octanol–water partition coefficient (Wildman–Crippen LogP) is 6.67. The molecule has 1 amide bonds. The van der Waals surface area contributed by atoms with Crippen molar-refractivity contribution in [3.05, 3.63) is 119 Å². The number of ether oxygens (including phenoxy) is 4. The topological polar surface area (TPSA) is 57.2 Å². The number of likely N-dealkylation sites (tertiary alicyclic amines) is 1. The van der Waals surface area contributed by atoms with Crippen molar-refractivity contribution in [2.45, 2.75) is 31.9 Å². The van der Waals surface area contributed by atoms with E-state index in [9.17, 15) is 4.79 Å². The van der Waals surface area contributed by atoms with E-state index < -0.39 is 0 Å². The van der Waals surface area contributed by atoms with E-state index >= 15 is 0 Å². The quantitative estimate of drug-likeness (QED) is 0.209. The van der Waals surface area contributed by atoms with Crippen LogP contribution >= 0.6 is 0 Å². The van der Waals surface area contributed by atoms with Crippen LogP contribution < -0.4 is 18.9 Å². The number of piperidine rings is 1. The van der Waals surface area contributed by atoms with Crippen LogP contribution in [-0.4, -0.2) is 38.7 Å². The third-order valence-electron chi connectivity index (χ3n) is 7.71. The lowest BCUT2D eigenvalue weighted by atomic mass is 9.81. The highest BCUT2D eigenvalue weighted by atomic mass is 16.5. The van der Waals surface area contributed by atoms with Gasteiger partial charge >= 0.3 is 0 Å². The van der Waals surface area contributed by atoms with E-state index in [1.807, 2.05) is 83.8 Å². The molecule has 212 valence electrons. The highest BCUT2D eigenvalue weighted by Crippen LogP contribution is 2.38. The van der Waals surface area contributed by atoms with Crippen LogP contribution in [0.1, 0.15) is 34.6 Å². The summed E-state index contributed by atoms with van der Waals surface area (Å²) in [5.41, 5.74) is 4.39. The summed E-state index contributed by atoms with van der Waals surface area (Å²) in [5, 5.41) is 0. The summed E-state index contributed by atoms with van der Waals surface area (Å²) in [4.78, 5) is 15.8. The van der Waals surface area contributed by atoms with Gasteiger partial charge in [-0.3, -0.25) is 4.79 Å². The van der Waals surface area contributed by atoms with E-state index in [4.69, 9.17) is 18.9 Å². The van der Waals surface area contributed by atoms with Crippen LogP contribution in [0.2, 0.25) is 0 Å². The average Bonchev–Trinajstić information content (AvgIpc) is 3.02. The van der Waals surface area contributed by atoms with E-state index in [0.717, 1.165) is 28.7 Å². The zero-order chi connectivity index (χ0) is 28.6. The lowest BCUT2D eigenvalue weighted by Crippen LogP contribution is -2.44. The first-order valence-electron chi connectivity index (χ1n) is 14.0. The molecule has 0 spiro atoms. The largest absolute Gasteiger partial charge is 0.493 e. The van der Waals surface area contributed by atoms with Crippen LogP contribution in [0.15, 0.2) is 97.1 Å². The number of rotatable bonds is 11. The zero-order valence-electron chi connectivity index (χ0n) is 23.9. The van der Waals surface area contributed by atoms with Gasteiger partial charge in [-0.25, -0.2) is 0 Å². The summed E-state index contributed by atoms with van der Waals surface area (Å²) < 4.78 is 22.8. The van der Waals surface area contributed by atoms with Gasteiger partial charge in [0.1, 0.15) is 6.61 Å². The summed E-state index contributed by atoms with van der Waals surface area (Å²) in [6.45, 7) is 1.68. The van der Waals surface area contributed by atoms with Gasteiger partial charge < -0.3 is 23.8 Å². The Labute approximate surface area is 242 Å². The van der Waals surface area contributed by atoms with E-state index in [1.54, 1.807) is 21.3 Å². The lowest BCUT2D eigenvalue weighted by Gasteiger charge is -2.38. The molecule has 6 nitrogen and oxygen atoms in total. The second-order valence-electron chi connectivity index (χ2n) is 10.4. The number of nitrogens with zero attached hydrogens (tertiary/aromatic N) is 1. The van der Waals surface area contributed by atoms with Gasteiger partial charge in [0.15, 0.2) is 23.0 Å². The zero-order valence-corrected chi connectivity index (χ0v) is 23.9. The molecule has 1 heterocycles. The summed E-state index contributed by atoms with van der Waals surface area (Å²) in [6, 6.07) is 32.3. The van der Waals surface area contributed by atoms with Crippen LogP contribution in [-0.2, 0) is 24.4 Å². The van der Waals surface area contributed by atoms with Crippen LogP contribution in [0, 0.1) is 5.92 Å². The maximum absolute atomic E-state index is 13.8. The second kappa shape index (κ2) is 13.3. The summed E-state index contributed by atoms with van der Waals surface area (Å²) >= 11 is 0. The standard InChI is InChI=1S/C35H37NO5/c1-38-31-17-15-28(21-34(31)40-3)30-20-29(35(37)36(23-30)22-25-10-6-4-7-11-25)18-27-14-16-32(33(19-27)39-2)41-24-26-12-8-5-9-13-26/h4-17,19,21,29-30H,18,20,22-24H2,1-3H3/t29-,30-/m1/s1. The van der Waals surface area contributed by atoms with Gasteiger partial charge in [0.25, 0.3) is 0 Å². The number of carbonyl (C=O) groups is 1. The van der Waals surface area contributed by atoms with Crippen molar-refractivity contribution in [1.82, 2.24) is 4.90 Å². The molecule has 41 heavy (non-hydrogen) atoms. The van der Waals surface area contributed by atoms with Gasteiger partial charge in [0, 0.05) is 24.9 Å². The minimum atomic E-state index is -0.175. The Hall–Kier alpha value is -4.45. The molecule has 2 atom stereocenters. The second-order valence-corrected chi connectivity index (χ2v) is 10.4. The van der Waals surface area contributed by atoms with E-state index in [1.165, 1.54) is 0 Å². The molecule has 1 saturated heterocycles. The van der Waals surface area contributed by atoms with Crippen LogP contribution in [0.5, 0.6) is 23.0 Å². The van der Waals surface area contributed by atoms with Gasteiger partial charge in [0.2, 0.25) is 5.91 Å². The number of benzene rings is 4. The van der Waals surface area contributed by atoms with Gasteiger partial charge in [-0.05, 0) is 59.4 Å². The van der Waals surface area contributed by atoms with Crippen molar-refractivity contribution in [3.63, 3.8) is 0 Å². The Bertz CT molecular complexity index is 1440. The third kappa shape index (κ3) is 6.83. The number of amides is 1. The smallest absolute Gasteiger partial charge is 0.226 e. The van der Waals surface area contributed by atoms with Gasteiger partial charge in [-0.2, -0.15) is 0 Å². The van der Waals surface area contributed by atoms with Crippen molar-refractivity contribution in [2.75, 3.05) is 27.9 Å². The molecule has 0 saturated carbocycles. The van der Waals surface area contributed by atoms with E-state index in [2.05, 4.69) is 18.2 Å². The molecule has 0 aromatic heterocycles. The lowest BCUT2D eigenvalue weighted by molar-refractivity contribution is -0.139. The Morgan fingerprint density at radius 3 is 2.00 bits per heavy atom. The molecule has 4 aromatic carbocycles. The third-order valence-corrected chi connectivity index (χ3v) is 7.71. The first kappa shape index (κ1) is 28.1. The number of methoxy groups -OCH3 is 3. The van der Waals surface area contributed by atoms with Crippen LogP contribution in [0.4, 0.5) is 0 Å². The molecule has 0 unspecified atom stereocenters. The fourth-order valence-corrected chi connectivity index (χ4v) is 5.58. The molecular weight excluding hydrogens is 514 g/mol. The maximum Gasteiger partial charge on any atom is 0.226 e. The normalized spacial score (nSPS) is 16.8. The molecule has 0 radical (unpaired) electrons. The van der Waals surface area contributed by atoms with E-state index in [0.29, 0.717) is 49.1 Å². The Balaban J connectivity index is 1.38. The molecule has 0 N–H and O–H groups in total. The predicted molar refractivity (Wildman–Crippen MR) is 160 cm³/mol. The van der Waals surface area contributed by atoms with E-state index in [-0.39, 0.29) is 17.7 Å². The minimum absolute atomic E-state index is 0.164. The van der Waals surface area contributed by atoms with Crippen LogP contribution in [0.25, 0.3) is 0 Å². The van der Waals surface area contributed by atoms with Gasteiger partial charge in [-0.1, -0.05) is 72.8 Å². The molecule has 4 aromatic rings. The first-order chi connectivity index (χ1) is 20.1. The van der Waals surface area contributed by atoms with Crippen LogP contribution in [0.3, 0.4) is 0 Å². The average molecular weight is 552 g/mol. The number of hydrogen-bond donors (Lipinski definition) is 0. The van der Waals surface area contributed by atoms with Crippen molar-refractivity contribution in [2.24, 2.45) is 5.92 Å². The first-order valence-corrected chi connectivity index (χ1v) is 14.0. The van der Waals surface area contributed by atoms with Gasteiger partial charge in [-0.15, -0.1) is 0 Å². The van der Waals surface area contributed by atoms with Crippen molar-refractivity contribution in [3.8, 4) is 23.0 Å². The Kier molecular flexibility index (Phi) is 9.09. The van der Waals surface area contributed by atoms with Crippen molar-refractivity contribution >= 4 is 5.91 Å². The number of carbonyl (C=O) groups excluding carboxylic acids is 1. The molecule has 6 heteroatoms. The fraction of sp³-hybridized carbons (Fsp3) is 0.286. The summed E-state index contributed by atoms with van der Waals surface area (Å²) in [7, 11) is 4.94. The van der Waals surface area contributed by atoms with Crippen molar-refractivity contribution < 1.29 is 23.7 Å². The highest BCUT2D eigenvalue weighted by molar-refractivity contribution is 5.80. The molecule has 1 aliphatic heterocycles. The Morgan fingerprint density at radius 2 is 1.32 bits per heavy atom. The number of hydrogen-bond acceptors (Lipinski definition) is 5. The van der Waals surface area contributed by atoms with Gasteiger partial charge in [0.05, 0.1) is 21.3 Å². The summed E-state index contributed by atoms with van der Waals surface area (Å²) in [6.07, 6.45) is 1.36. The molecule has 1 fully saturated rings. The fourth-order valence-electron chi connectivity index (χ4n) is 5.58. The highest BCUT2D eigenvalue weighted by Gasteiger charge is 2.35.